The van der Waals surface area contributed by atoms with E-state index in [1.807, 2.05) is 6.92 Å². The summed E-state index contributed by atoms with van der Waals surface area (Å²) in [5.74, 6) is 1.34. The van der Waals surface area contributed by atoms with Gasteiger partial charge in [-0.2, -0.15) is 4.52 Å². The van der Waals surface area contributed by atoms with Crippen LogP contribution >= 0.6 is 11.6 Å². The third kappa shape index (κ3) is 1.99. The molecule has 0 saturated carbocycles. The first-order valence-electron chi connectivity index (χ1n) is 5.76. The van der Waals surface area contributed by atoms with E-state index in [4.69, 9.17) is 16.3 Å². The van der Waals surface area contributed by atoms with E-state index in [0.717, 1.165) is 12.4 Å². The van der Waals surface area contributed by atoms with E-state index < -0.39 is 0 Å². The van der Waals surface area contributed by atoms with Crippen molar-refractivity contribution in [3.05, 3.63) is 12.4 Å². The van der Waals surface area contributed by atoms with Crippen LogP contribution in [0.4, 0.5) is 5.82 Å². The molecule has 0 amide bonds. The summed E-state index contributed by atoms with van der Waals surface area (Å²) < 4.78 is 7.40. The van der Waals surface area contributed by atoms with Crippen LogP contribution in [0.2, 0.25) is 0 Å². The first-order chi connectivity index (χ1) is 8.78. The van der Waals surface area contributed by atoms with Gasteiger partial charge in [-0.3, -0.25) is 4.98 Å². The normalized spacial score (nSPS) is 24.7. The van der Waals surface area contributed by atoms with Crippen LogP contribution < -0.4 is 4.90 Å². The van der Waals surface area contributed by atoms with E-state index in [0.29, 0.717) is 18.1 Å². The van der Waals surface area contributed by atoms with Gasteiger partial charge in [0.15, 0.2) is 11.5 Å². The minimum Gasteiger partial charge on any atom is -0.370 e. The van der Waals surface area contributed by atoms with Gasteiger partial charge in [-0.25, -0.2) is 0 Å². The zero-order valence-corrected chi connectivity index (χ0v) is 10.7. The summed E-state index contributed by atoms with van der Waals surface area (Å²) in [5.41, 5.74) is 0.633. The van der Waals surface area contributed by atoms with E-state index in [1.54, 1.807) is 16.9 Å². The Bertz CT molecular complexity index is 546. The molecular formula is C10H13ClN6O. The van der Waals surface area contributed by atoms with E-state index >= 15 is 0 Å². The van der Waals surface area contributed by atoms with Gasteiger partial charge in [-0.15, -0.1) is 16.7 Å². The smallest absolute Gasteiger partial charge is 0.199 e. The highest BCUT2D eigenvalue weighted by Crippen LogP contribution is 2.20. The number of anilines is 1. The topological polar surface area (TPSA) is 68.4 Å². The molecule has 2 aromatic rings. The first kappa shape index (κ1) is 11.6. The second kappa shape index (κ2) is 4.66. The Kier molecular flexibility index (Phi) is 3.00. The average molecular weight is 269 g/mol. The number of aromatic nitrogens is 5. The van der Waals surface area contributed by atoms with E-state index in [9.17, 15) is 0 Å². The molecule has 0 bridgehead atoms. The molecule has 1 aliphatic rings. The Balaban J connectivity index is 1.96. The molecule has 3 heterocycles. The predicted molar refractivity (Wildman–Crippen MR) is 65.8 cm³/mol. The molecule has 0 N–H and O–H groups in total. The molecule has 0 spiro atoms. The fourth-order valence-corrected chi connectivity index (χ4v) is 2.37. The number of fused-ring (bicyclic) bond motifs is 1. The monoisotopic (exact) mass is 268 g/mol. The molecule has 2 atom stereocenters. The molecule has 3 rings (SSSR count). The van der Waals surface area contributed by atoms with Gasteiger partial charge in [0, 0.05) is 13.1 Å². The van der Waals surface area contributed by atoms with Crippen LogP contribution in [0, 0.1) is 0 Å². The average Bonchev–Trinajstić information content (AvgIpc) is 2.85. The van der Waals surface area contributed by atoms with Crippen molar-refractivity contribution < 1.29 is 4.74 Å². The van der Waals surface area contributed by atoms with Gasteiger partial charge in [-0.05, 0) is 17.4 Å². The van der Waals surface area contributed by atoms with Crippen LogP contribution in [0.5, 0.6) is 0 Å². The Labute approximate surface area is 109 Å². The SMILES string of the molecule is CC1CN(c2cncc3nnnn23)CC(CCl)O1. The molecule has 1 aliphatic heterocycles. The van der Waals surface area contributed by atoms with Crippen molar-refractivity contribution in [2.75, 3.05) is 23.9 Å². The van der Waals surface area contributed by atoms with Gasteiger partial charge in [0.1, 0.15) is 0 Å². The maximum Gasteiger partial charge on any atom is 0.199 e. The number of nitrogens with zero attached hydrogens (tertiary/aromatic N) is 6. The zero-order chi connectivity index (χ0) is 12.5. The third-order valence-electron chi connectivity index (χ3n) is 2.91. The largest absolute Gasteiger partial charge is 0.370 e. The molecule has 2 aromatic heterocycles. The van der Waals surface area contributed by atoms with Gasteiger partial charge >= 0.3 is 0 Å². The van der Waals surface area contributed by atoms with Gasteiger partial charge < -0.3 is 9.64 Å². The van der Waals surface area contributed by atoms with E-state index in [-0.39, 0.29) is 12.2 Å². The predicted octanol–water partition coefficient (Wildman–Crippen LogP) is 0.352. The number of hydrogen-bond donors (Lipinski definition) is 0. The van der Waals surface area contributed by atoms with Crippen molar-refractivity contribution in [3.8, 4) is 0 Å². The molecule has 7 nitrogen and oxygen atoms in total. The Morgan fingerprint density at radius 1 is 1.44 bits per heavy atom. The maximum absolute atomic E-state index is 5.88. The van der Waals surface area contributed by atoms with Crippen LogP contribution in [0.15, 0.2) is 12.4 Å². The second-order valence-electron chi connectivity index (χ2n) is 4.34. The highest BCUT2D eigenvalue weighted by Gasteiger charge is 2.26. The van der Waals surface area contributed by atoms with E-state index in [1.165, 1.54) is 0 Å². The van der Waals surface area contributed by atoms with Crippen LogP contribution in [-0.2, 0) is 4.74 Å². The van der Waals surface area contributed by atoms with Crippen LogP contribution in [0.25, 0.3) is 5.65 Å². The second-order valence-corrected chi connectivity index (χ2v) is 4.65. The van der Waals surface area contributed by atoms with Crippen molar-refractivity contribution in [3.63, 3.8) is 0 Å². The van der Waals surface area contributed by atoms with Crippen molar-refractivity contribution >= 4 is 23.1 Å². The highest BCUT2D eigenvalue weighted by atomic mass is 35.5. The quantitative estimate of drug-likeness (QED) is 0.732. The van der Waals surface area contributed by atoms with Crippen LogP contribution in [-0.4, -0.2) is 56.2 Å². The maximum atomic E-state index is 5.88. The van der Waals surface area contributed by atoms with Crippen LogP contribution in [0.1, 0.15) is 6.92 Å². The molecular weight excluding hydrogens is 256 g/mol. The Hall–Kier alpha value is -1.47. The van der Waals surface area contributed by atoms with Gasteiger partial charge in [-0.1, -0.05) is 0 Å². The minimum atomic E-state index is 0.0159. The molecule has 1 fully saturated rings. The third-order valence-corrected chi connectivity index (χ3v) is 3.26. The lowest BCUT2D eigenvalue weighted by Gasteiger charge is -2.36. The lowest BCUT2D eigenvalue weighted by Crippen LogP contribution is -2.48. The molecule has 0 radical (unpaired) electrons. The van der Waals surface area contributed by atoms with Crippen molar-refractivity contribution in [1.82, 2.24) is 25.0 Å². The first-order valence-corrected chi connectivity index (χ1v) is 6.30. The number of rotatable bonds is 2. The van der Waals surface area contributed by atoms with Crippen molar-refractivity contribution in [2.45, 2.75) is 19.1 Å². The summed E-state index contributed by atoms with van der Waals surface area (Å²) in [7, 11) is 0. The lowest BCUT2D eigenvalue weighted by molar-refractivity contribution is -0.00370. The molecule has 1 saturated heterocycles. The van der Waals surface area contributed by atoms with Gasteiger partial charge in [0.25, 0.3) is 0 Å². The summed E-state index contributed by atoms with van der Waals surface area (Å²) in [5, 5.41) is 11.5. The number of ether oxygens (including phenoxy) is 1. The Morgan fingerprint density at radius 3 is 3.17 bits per heavy atom. The standard InChI is InChI=1S/C10H13ClN6O/c1-7-5-16(6-8(2-11)18-7)10-4-12-3-9-13-14-15-17(9)10/h3-4,7-8H,2,5-6H2,1H3. The molecule has 8 heteroatoms. The summed E-state index contributed by atoms with van der Waals surface area (Å²) in [6.07, 6.45) is 3.52. The summed E-state index contributed by atoms with van der Waals surface area (Å²) in [6.45, 7) is 3.52. The van der Waals surface area contributed by atoms with Crippen molar-refractivity contribution in [1.29, 1.82) is 0 Å². The van der Waals surface area contributed by atoms with E-state index in [2.05, 4.69) is 25.4 Å². The van der Waals surface area contributed by atoms with Gasteiger partial charge in [0.05, 0.1) is 30.5 Å². The minimum absolute atomic E-state index is 0.0159. The fraction of sp³-hybridized carbons (Fsp3) is 0.600. The summed E-state index contributed by atoms with van der Waals surface area (Å²) >= 11 is 5.88. The molecule has 0 aliphatic carbocycles. The fourth-order valence-electron chi connectivity index (χ4n) is 2.20. The number of tetrazole rings is 1. The summed E-state index contributed by atoms with van der Waals surface area (Å²) in [4.78, 5) is 6.31. The molecule has 0 aromatic carbocycles. The van der Waals surface area contributed by atoms with Crippen LogP contribution in [0.3, 0.4) is 0 Å². The number of halogens is 1. The number of morpholine rings is 1. The molecule has 2 unspecified atom stereocenters. The van der Waals surface area contributed by atoms with Crippen molar-refractivity contribution in [2.24, 2.45) is 0 Å². The number of hydrogen-bond acceptors (Lipinski definition) is 6. The zero-order valence-electron chi connectivity index (χ0n) is 9.90. The molecule has 18 heavy (non-hydrogen) atoms. The highest BCUT2D eigenvalue weighted by molar-refractivity contribution is 6.18. The Morgan fingerprint density at radius 2 is 2.33 bits per heavy atom. The summed E-state index contributed by atoms with van der Waals surface area (Å²) in [6, 6.07) is 0. The van der Waals surface area contributed by atoms with Gasteiger partial charge in [0.2, 0.25) is 0 Å². The number of alkyl halides is 1. The lowest BCUT2D eigenvalue weighted by atomic mass is 10.2. The molecule has 96 valence electrons.